The SMILES string of the molecule is CCc1cc(NCC2(C(N)=O)CCOCC2)nc(-c2ccncc2)n1. The largest absolute Gasteiger partial charge is 0.381 e. The van der Waals surface area contributed by atoms with Gasteiger partial charge in [0.15, 0.2) is 5.82 Å². The Kier molecular flexibility index (Phi) is 5.23. The monoisotopic (exact) mass is 341 g/mol. The Balaban J connectivity index is 1.83. The fourth-order valence-electron chi connectivity index (χ4n) is 2.93. The van der Waals surface area contributed by atoms with Crippen LogP contribution in [-0.2, 0) is 16.0 Å². The van der Waals surface area contributed by atoms with Crippen LogP contribution in [0.2, 0.25) is 0 Å². The van der Waals surface area contributed by atoms with Crippen LogP contribution in [0.5, 0.6) is 0 Å². The molecule has 7 nitrogen and oxygen atoms in total. The fourth-order valence-corrected chi connectivity index (χ4v) is 2.93. The Labute approximate surface area is 147 Å². The van der Waals surface area contributed by atoms with E-state index in [1.165, 1.54) is 0 Å². The van der Waals surface area contributed by atoms with Gasteiger partial charge in [0.1, 0.15) is 5.82 Å². The number of amides is 1. The van der Waals surface area contributed by atoms with Crippen molar-refractivity contribution in [1.82, 2.24) is 15.0 Å². The van der Waals surface area contributed by atoms with Crippen molar-refractivity contribution >= 4 is 11.7 Å². The lowest BCUT2D eigenvalue weighted by Gasteiger charge is -2.34. The van der Waals surface area contributed by atoms with Crippen molar-refractivity contribution in [2.45, 2.75) is 26.2 Å². The van der Waals surface area contributed by atoms with E-state index in [0.717, 1.165) is 17.7 Å². The second kappa shape index (κ2) is 7.57. The van der Waals surface area contributed by atoms with Crippen LogP contribution in [0.3, 0.4) is 0 Å². The van der Waals surface area contributed by atoms with Crippen LogP contribution in [0.1, 0.15) is 25.5 Å². The first-order chi connectivity index (χ1) is 12.1. The van der Waals surface area contributed by atoms with E-state index in [4.69, 9.17) is 10.5 Å². The summed E-state index contributed by atoms with van der Waals surface area (Å²) in [5.41, 5.74) is 6.92. The number of pyridine rings is 1. The van der Waals surface area contributed by atoms with Gasteiger partial charge in [-0.3, -0.25) is 9.78 Å². The fraction of sp³-hybridized carbons (Fsp3) is 0.444. The molecule has 3 heterocycles. The number of primary amides is 1. The number of nitrogens with one attached hydrogen (secondary N) is 1. The molecule has 0 aromatic carbocycles. The molecule has 25 heavy (non-hydrogen) atoms. The summed E-state index contributed by atoms with van der Waals surface area (Å²) in [5, 5.41) is 3.30. The van der Waals surface area contributed by atoms with Crippen LogP contribution < -0.4 is 11.1 Å². The Morgan fingerprint density at radius 1 is 1.28 bits per heavy atom. The minimum atomic E-state index is -0.591. The van der Waals surface area contributed by atoms with E-state index in [1.54, 1.807) is 12.4 Å². The van der Waals surface area contributed by atoms with E-state index >= 15 is 0 Å². The van der Waals surface area contributed by atoms with Crippen LogP contribution in [0.4, 0.5) is 5.82 Å². The van der Waals surface area contributed by atoms with Gasteiger partial charge in [0.2, 0.25) is 5.91 Å². The van der Waals surface area contributed by atoms with Gasteiger partial charge < -0.3 is 15.8 Å². The molecule has 0 unspecified atom stereocenters. The Hall–Kier alpha value is -2.54. The van der Waals surface area contributed by atoms with Crippen LogP contribution in [-0.4, -0.2) is 40.6 Å². The van der Waals surface area contributed by atoms with Crippen molar-refractivity contribution in [2.75, 3.05) is 25.1 Å². The quantitative estimate of drug-likeness (QED) is 0.830. The summed E-state index contributed by atoms with van der Waals surface area (Å²) in [7, 11) is 0. The molecular formula is C18H23N5O2. The smallest absolute Gasteiger partial charge is 0.225 e. The number of aromatic nitrogens is 3. The van der Waals surface area contributed by atoms with E-state index in [0.29, 0.717) is 44.2 Å². The van der Waals surface area contributed by atoms with Gasteiger partial charge in [0.05, 0.1) is 5.41 Å². The van der Waals surface area contributed by atoms with E-state index in [2.05, 4.69) is 20.3 Å². The minimum Gasteiger partial charge on any atom is -0.381 e. The number of hydrogen-bond donors (Lipinski definition) is 2. The Bertz CT molecular complexity index is 730. The molecule has 3 N–H and O–H groups in total. The minimum absolute atomic E-state index is 0.289. The van der Waals surface area contributed by atoms with Crippen molar-refractivity contribution in [3.8, 4) is 11.4 Å². The van der Waals surface area contributed by atoms with Gasteiger partial charge >= 0.3 is 0 Å². The third-order valence-corrected chi connectivity index (χ3v) is 4.66. The molecular weight excluding hydrogens is 318 g/mol. The molecule has 1 saturated heterocycles. The van der Waals surface area contributed by atoms with Gasteiger partial charge in [-0.05, 0) is 31.4 Å². The third-order valence-electron chi connectivity index (χ3n) is 4.66. The molecule has 0 radical (unpaired) electrons. The second-order valence-electron chi connectivity index (χ2n) is 6.27. The molecule has 0 atom stereocenters. The number of nitrogens with zero attached hydrogens (tertiary/aromatic N) is 3. The molecule has 1 fully saturated rings. The molecule has 0 spiro atoms. The number of aryl methyl sites for hydroxylation is 1. The number of rotatable bonds is 6. The molecule has 2 aromatic rings. The number of nitrogens with two attached hydrogens (primary N) is 1. The maximum absolute atomic E-state index is 12.0. The summed E-state index contributed by atoms with van der Waals surface area (Å²) in [6.07, 6.45) is 5.48. The van der Waals surface area contributed by atoms with Crippen molar-refractivity contribution in [3.05, 3.63) is 36.3 Å². The van der Waals surface area contributed by atoms with Crippen LogP contribution in [0.15, 0.2) is 30.6 Å². The first kappa shape index (κ1) is 17.3. The van der Waals surface area contributed by atoms with Crippen molar-refractivity contribution in [1.29, 1.82) is 0 Å². The van der Waals surface area contributed by atoms with Gasteiger partial charge in [-0.1, -0.05) is 6.92 Å². The normalized spacial score (nSPS) is 16.4. The summed E-state index contributed by atoms with van der Waals surface area (Å²) >= 11 is 0. The predicted octanol–water partition coefficient (Wildman–Crippen LogP) is 1.80. The topological polar surface area (TPSA) is 103 Å². The third kappa shape index (κ3) is 3.93. The van der Waals surface area contributed by atoms with Gasteiger partial charge in [-0.2, -0.15) is 0 Å². The highest BCUT2D eigenvalue weighted by Gasteiger charge is 2.38. The first-order valence-corrected chi connectivity index (χ1v) is 8.53. The summed E-state index contributed by atoms with van der Waals surface area (Å²) in [6, 6.07) is 5.67. The molecule has 2 aromatic heterocycles. The molecule has 132 valence electrons. The summed E-state index contributed by atoms with van der Waals surface area (Å²) in [5.74, 6) is 1.05. The van der Waals surface area contributed by atoms with Gasteiger partial charge in [-0.15, -0.1) is 0 Å². The second-order valence-corrected chi connectivity index (χ2v) is 6.27. The molecule has 1 aliphatic heterocycles. The summed E-state index contributed by atoms with van der Waals surface area (Å²) in [4.78, 5) is 25.2. The maximum atomic E-state index is 12.0. The maximum Gasteiger partial charge on any atom is 0.225 e. The lowest BCUT2D eigenvalue weighted by molar-refractivity contribution is -0.132. The number of anilines is 1. The number of hydrogen-bond acceptors (Lipinski definition) is 6. The highest BCUT2D eigenvalue weighted by atomic mass is 16.5. The van der Waals surface area contributed by atoms with Crippen molar-refractivity contribution in [2.24, 2.45) is 11.1 Å². The number of ether oxygens (including phenoxy) is 1. The zero-order chi connectivity index (χ0) is 17.7. The van der Waals surface area contributed by atoms with E-state index in [1.807, 2.05) is 25.1 Å². The number of carbonyl (C=O) groups excluding carboxylic acids is 1. The number of carbonyl (C=O) groups is 1. The average Bonchev–Trinajstić information content (AvgIpc) is 2.67. The predicted molar refractivity (Wildman–Crippen MR) is 94.8 cm³/mol. The van der Waals surface area contributed by atoms with Gasteiger partial charge in [-0.25, -0.2) is 9.97 Å². The average molecular weight is 341 g/mol. The van der Waals surface area contributed by atoms with Gasteiger partial charge in [0, 0.05) is 49.5 Å². The highest BCUT2D eigenvalue weighted by molar-refractivity contribution is 5.81. The molecule has 3 rings (SSSR count). The molecule has 0 aliphatic carbocycles. The molecule has 1 amide bonds. The molecule has 1 aliphatic rings. The Morgan fingerprint density at radius 3 is 2.64 bits per heavy atom. The Morgan fingerprint density at radius 2 is 2.00 bits per heavy atom. The molecule has 0 bridgehead atoms. The zero-order valence-corrected chi connectivity index (χ0v) is 14.4. The van der Waals surface area contributed by atoms with Gasteiger partial charge in [0.25, 0.3) is 0 Å². The van der Waals surface area contributed by atoms with Crippen LogP contribution >= 0.6 is 0 Å². The summed E-state index contributed by atoms with van der Waals surface area (Å²) in [6.45, 7) is 3.60. The summed E-state index contributed by atoms with van der Waals surface area (Å²) < 4.78 is 5.37. The standard InChI is InChI=1S/C18H23N5O2/c1-2-14-11-15(23-16(22-14)13-3-7-20-8-4-13)21-12-18(17(19)24)5-9-25-10-6-18/h3-4,7-8,11H,2,5-6,9-10,12H2,1H3,(H2,19,24)(H,21,22,23). The first-order valence-electron chi connectivity index (χ1n) is 8.53. The zero-order valence-electron chi connectivity index (χ0n) is 14.4. The van der Waals surface area contributed by atoms with Crippen LogP contribution in [0, 0.1) is 5.41 Å². The highest BCUT2D eigenvalue weighted by Crippen LogP contribution is 2.30. The lowest BCUT2D eigenvalue weighted by atomic mass is 9.79. The van der Waals surface area contributed by atoms with E-state index in [-0.39, 0.29) is 5.91 Å². The van der Waals surface area contributed by atoms with E-state index in [9.17, 15) is 4.79 Å². The van der Waals surface area contributed by atoms with Crippen molar-refractivity contribution < 1.29 is 9.53 Å². The lowest BCUT2D eigenvalue weighted by Crippen LogP contribution is -2.46. The van der Waals surface area contributed by atoms with Crippen LogP contribution in [0.25, 0.3) is 11.4 Å². The molecule has 0 saturated carbocycles. The molecule has 7 heteroatoms. The van der Waals surface area contributed by atoms with E-state index < -0.39 is 5.41 Å². The van der Waals surface area contributed by atoms with Crippen molar-refractivity contribution in [3.63, 3.8) is 0 Å².